The second-order valence-electron chi connectivity index (χ2n) is 4.70. The molecule has 2 unspecified atom stereocenters. The number of carboxylic acid groups (broad SMARTS) is 1. The van der Waals surface area contributed by atoms with Crippen molar-refractivity contribution in [1.29, 1.82) is 0 Å². The number of unbranched alkanes of at least 4 members (excludes halogenated alkanes) is 1. The molecule has 0 spiro atoms. The van der Waals surface area contributed by atoms with Crippen molar-refractivity contribution in [3.8, 4) is 0 Å². The minimum atomic E-state index is -2.98. The van der Waals surface area contributed by atoms with Crippen LogP contribution in [0.25, 0.3) is 0 Å². The highest BCUT2D eigenvalue weighted by Gasteiger charge is 2.35. The molecular formula is C11H21NO4S. The number of sulfone groups is 1. The summed E-state index contributed by atoms with van der Waals surface area (Å²) in [5, 5.41) is 9.21. The van der Waals surface area contributed by atoms with Crippen LogP contribution in [-0.4, -0.2) is 54.5 Å². The first-order valence-corrected chi connectivity index (χ1v) is 7.88. The van der Waals surface area contributed by atoms with Gasteiger partial charge in [-0.3, -0.25) is 9.69 Å². The molecule has 100 valence electrons. The van der Waals surface area contributed by atoms with Crippen LogP contribution < -0.4 is 0 Å². The van der Waals surface area contributed by atoms with Crippen molar-refractivity contribution in [2.45, 2.75) is 45.2 Å². The fourth-order valence-corrected chi connectivity index (χ4v) is 3.89. The van der Waals surface area contributed by atoms with Crippen molar-refractivity contribution in [3.63, 3.8) is 0 Å². The molecule has 1 heterocycles. The molecule has 0 aromatic carbocycles. The lowest BCUT2D eigenvalue weighted by Gasteiger charge is -2.37. The Hall–Kier alpha value is -0.620. The zero-order chi connectivity index (χ0) is 13.1. The molecular weight excluding hydrogens is 242 g/mol. The lowest BCUT2D eigenvalue weighted by Crippen LogP contribution is -2.54. The topological polar surface area (TPSA) is 74.7 Å². The molecule has 0 radical (unpaired) electrons. The summed E-state index contributed by atoms with van der Waals surface area (Å²) < 4.78 is 22.9. The van der Waals surface area contributed by atoms with E-state index in [1.165, 1.54) is 0 Å². The van der Waals surface area contributed by atoms with Gasteiger partial charge in [-0.2, -0.15) is 0 Å². The molecule has 0 aromatic heterocycles. The first-order chi connectivity index (χ1) is 7.87. The van der Waals surface area contributed by atoms with Gasteiger partial charge in [0.15, 0.2) is 9.84 Å². The third-order valence-corrected chi connectivity index (χ3v) is 5.03. The number of hydrogen-bond donors (Lipinski definition) is 1. The molecule has 0 aliphatic carbocycles. The Morgan fingerprint density at radius 1 is 1.53 bits per heavy atom. The third kappa shape index (κ3) is 3.96. The minimum Gasteiger partial charge on any atom is -0.480 e. The van der Waals surface area contributed by atoms with E-state index >= 15 is 0 Å². The van der Waals surface area contributed by atoms with Gasteiger partial charge in [0.1, 0.15) is 6.04 Å². The van der Waals surface area contributed by atoms with Crippen molar-refractivity contribution in [2.24, 2.45) is 0 Å². The van der Waals surface area contributed by atoms with Crippen LogP contribution in [0, 0.1) is 0 Å². The van der Waals surface area contributed by atoms with Gasteiger partial charge in [-0.15, -0.1) is 0 Å². The van der Waals surface area contributed by atoms with Crippen LogP contribution in [0.1, 0.15) is 33.1 Å². The van der Waals surface area contributed by atoms with Gasteiger partial charge in [0.25, 0.3) is 0 Å². The Kier molecular flexibility index (Phi) is 4.94. The molecule has 0 aromatic rings. The van der Waals surface area contributed by atoms with Crippen molar-refractivity contribution >= 4 is 15.8 Å². The van der Waals surface area contributed by atoms with Crippen molar-refractivity contribution in [1.82, 2.24) is 4.90 Å². The molecule has 5 nitrogen and oxygen atoms in total. The SMILES string of the molecule is CCCCC(C(=O)O)N1CCS(=O)(=O)CC1C. The molecule has 1 aliphatic heterocycles. The van der Waals surface area contributed by atoms with Crippen LogP contribution in [0.15, 0.2) is 0 Å². The zero-order valence-electron chi connectivity index (χ0n) is 10.4. The first kappa shape index (κ1) is 14.4. The Morgan fingerprint density at radius 3 is 2.65 bits per heavy atom. The third-order valence-electron chi connectivity index (χ3n) is 3.24. The number of nitrogens with zero attached hydrogens (tertiary/aromatic N) is 1. The van der Waals surface area contributed by atoms with E-state index in [-0.39, 0.29) is 17.5 Å². The van der Waals surface area contributed by atoms with Crippen LogP contribution in [0.4, 0.5) is 0 Å². The maximum Gasteiger partial charge on any atom is 0.320 e. The summed E-state index contributed by atoms with van der Waals surface area (Å²) >= 11 is 0. The average Bonchev–Trinajstić information content (AvgIpc) is 2.19. The van der Waals surface area contributed by atoms with Gasteiger partial charge >= 0.3 is 5.97 Å². The molecule has 2 atom stereocenters. The Morgan fingerprint density at radius 2 is 2.18 bits per heavy atom. The molecule has 0 bridgehead atoms. The normalized spacial score (nSPS) is 26.6. The van der Waals surface area contributed by atoms with Gasteiger partial charge in [-0.1, -0.05) is 19.8 Å². The van der Waals surface area contributed by atoms with Crippen LogP contribution in [0.3, 0.4) is 0 Å². The zero-order valence-corrected chi connectivity index (χ0v) is 11.2. The van der Waals surface area contributed by atoms with Crippen molar-refractivity contribution in [3.05, 3.63) is 0 Å². The van der Waals surface area contributed by atoms with Gasteiger partial charge in [0.05, 0.1) is 11.5 Å². The van der Waals surface area contributed by atoms with E-state index in [9.17, 15) is 18.3 Å². The Labute approximate surface area is 103 Å². The predicted octanol–water partition coefficient (Wildman–Crippen LogP) is 0.749. The van der Waals surface area contributed by atoms with E-state index in [4.69, 9.17) is 0 Å². The summed E-state index contributed by atoms with van der Waals surface area (Å²) in [6.07, 6.45) is 2.40. The second-order valence-corrected chi connectivity index (χ2v) is 6.93. The quantitative estimate of drug-likeness (QED) is 0.792. The highest BCUT2D eigenvalue weighted by Crippen LogP contribution is 2.18. The van der Waals surface area contributed by atoms with Gasteiger partial charge < -0.3 is 5.11 Å². The maximum atomic E-state index is 11.4. The van der Waals surface area contributed by atoms with Gasteiger partial charge in [-0.05, 0) is 13.3 Å². The molecule has 1 rings (SSSR count). The molecule has 1 aliphatic rings. The van der Waals surface area contributed by atoms with E-state index in [1.807, 2.05) is 11.8 Å². The van der Waals surface area contributed by atoms with E-state index < -0.39 is 21.8 Å². The summed E-state index contributed by atoms with van der Waals surface area (Å²) in [6, 6.07) is -0.743. The van der Waals surface area contributed by atoms with E-state index in [1.54, 1.807) is 6.92 Å². The standard InChI is InChI=1S/C11H21NO4S/c1-3-4-5-10(11(13)14)12-6-7-17(15,16)8-9(12)2/h9-10H,3-8H2,1-2H3,(H,13,14). The number of rotatable bonds is 5. The lowest BCUT2D eigenvalue weighted by atomic mass is 10.1. The van der Waals surface area contributed by atoms with Crippen LogP contribution >= 0.6 is 0 Å². The molecule has 0 saturated carbocycles. The summed E-state index contributed by atoms with van der Waals surface area (Å²) in [5.41, 5.74) is 0. The highest BCUT2D eigenvalue weighted by molar-refractivity contribution is 7.91. The largest absolute Gasteiger partial charge is 0.480 e. The van der Waals surface area contributed by atoms with Crippen molar-refractivity contribution < 1.29 is 18.3 Å². The van der Waals surface area contributed by atoms with E-state index in [0.717, 1.165) is 12.8 Å². The Balaban J connectivity index is 2.72. The first-order valence-electron chi connectivity index (χ1n) is 6.06. The molecule has 1 saturated heterocycles. The van der Waals surface area contributed by atoms with Crippen LogP contribution in [0.5, 0.6) is 0 Å². The minimum absolute atomic E-state index is 0.0723. The number of carboxylic acids is 1. The van der Waals surface area contributed by atoms with Gasteiger partial charge in [-0.25, -0.2) is 8.42 Å². The van der Waals surface area contributed by atoms with E-state index in [0.29, 0.717) is 13.0 Å². The van der Waals surface area contributed by atoms with Crippen LogP contribution in [0.2, 0.25) is 0 Å². The summed E-state index contributed by atoms with van der Waals surface area (Å²) in [5.74, 6) is -0.694. The number of carbonyl (C=O) groups is 1. The second kappa shape index (κ2) is 5.82. The lowest BCUT2D eigenvalue weighted by molar-refractivity contribution is -0.144. The smallest absolute Gasteiger partial charge is 0.320 e. The predicted molar refractivity (Wildman–Crippen MR) is 65.8 cm³/mol. The highest BCUT2D eigenvalue weighted by atomic mass is 32.2. The monoisotopic (exact) mass is 263 g/mol. The molecule has 6 heteroatoms. The fraction of sp³-hybridized carbons (Fsp3) is 0.909. The Bertz CT molecular complexity index is 366. The summed E-state index contributed by atoms with van der Waals surface area (Å²) in [4.78, 5) is 13.0. The van der Waals surface area contributed by atoms with Crippen molar-refractivity contribution in [2.75, 3.05) is 18.1 Å². The van der Waals surface area contributed by atoms with Gasteiger partial charge in [0.2, 0.25) is 0 Å². The van der Waals surface area contributed by atoms with Crippen LogP contribution in [-0.2, 0) is 14.6 Å². The molecule has 1 N–H and O–H groups in total. The fourth-order valence-electron chi connectivity index (χ4n) is 2.30. The summed E-state index contributed by atoms with van der Waals surface area (Å²) in [7, 11) is -2.98. The summed E-state index contributed by atoms with van der Waals surface area (Å²) in [6.45, 7) is 4.14. The molecule has 0 amide bonds. The average molecular weight is 263 g/mol. The molecule has 1 fully saturated rings. The van der Waals surface area contributed by atoms with E-state index in [2.05, 4.69) is 0 Å². The number of hydrogen-bond acceptors (Lipinski definition) is 4. The molecule has 17 heavy (non-hydrogen) atoms. The maximum absolute atomic E-state index is 11.4. The van der Waals surface area contributed by atoms with Gasteiger partial charge in [0, 0.05) is 12.6 Å². The number of aliphatic carboxylic acids is 1.